The molecule has 2 heterocycles. The zero-order chi connectivity index (χ0) is 22.8. The highest BCUT2D eigenvalue weighted by atomic mass is 19.1. The van der Waals surface area contributed by atoms with Crippen LogP contribution in [0.5, 0.6) is 0 Å². The van der Waals surface area contributed by atoms with Gasteiger partial charge in [0.15, 0.2) is 0 Å². The molecule has 32 heavy (non-hydrogen) atoms. The number of aromatic nitrogens is 1. The number of hydrogen-bond acceptors (Lipinski definition) is 4. The third-order valence-electron chi connectivity index (χ3n) is 5.88. The standard InChI is InChI=1S/C26H23FN2O3/c1-16-5-8-19(14-17(16)2)24(30)22-23(20-4-3-12-28-15-20)29(26(32)25(22)31)13-11-18-6-9-21(27)10-7-18/h3-10,12,14-15,23,30H,11,13H2,1-2H3/b24-22-. The molecule has 1 fully saturated rings. The Hall–Kier alpha value is -3.80. The first-order valence-corrected chi connectivity index (χ1v) is 10.4. The van der Waals surface area contributed by atoms with Crippen molar-refractivity contribution in [2.45, 2.75) is 26.3 Å². The molecule has 0 saturated carbocycles. The number of aliphatic hydroxyl groups excluding tert-OH is 1. The molecule has 1 unspecified atom stereocenters. The van der Waals surface area contributed by atoms with Crippen LogP contribution in [0.15, 0.2) is 72.6 Å². The minimum Gasteiger partial charge on any atom is -0.507 e. The van der Waals surface area contributed by atoms with Gasteiger partial charge in [0.05, 0.1) is 11.6 Å². The number of pyridine rings is 1. The van der Waals surface area contributed by atoms with Crippen molar-refractivity contribution in [3.63, 3.8) is 0 Å². The lowest BCUT2D eigenvalue weighted by atomic mass is 9.95. The minimum atomic E-state index is -0.759. The molecule has 5 nitrogen and oxygen atoms in total. The van der Waals surface area contributed by atoms with Gasteiger partial charge in [-0.15, -0.1) is 0 Å². The first-order valence-electron chi connectivity index (χ1n) is 10.4. The molecule has 162 valence electrons. The Labute approximate surface area is 185 Å². The Morgan fingerprint density at radius 2 is 1.81 bits per heavy atom. The number of likely N-dealkylation sites (tertiary alicyclic amines) is 1. The Balaban J connectivity index is 1.76. The molecular formula is C26H23FN2O3. The van der Waals surface area contributed by atoms with Gasteiger partial charge in [0.1, 0.15) is 11.6 Å². The lowest BCUT2D eigenvalue weighted by Gasteiger charge is -2.25. The van der Waals surface area contributed by atoms with Crippen LogP contribution in [-0.4, -0.2) is 33.2 Å². The quantitative estimate of drug-likeness (QED) is 0.368. The number of halogens is 1. The topological polar surface area (TPSA) is 70.5 Å². The SMILES string of the molecule is Cc1ccc(/C(O)=C2/C(=O)C(=O)N(CCc3ccc(F)cc3)C2c2cccnc2)cc1C. The van der Waals surface area contributed by atoms with Gasteiger partial charge in [0.2, 0.25) is 0 Å². The van der Waals surface area contributed by atoms with Crippen LogP contribution in [0.25, 0.3) is 5.76 Å². The van der Waals surface area contributed by atoms with Crippen molar-refractivity contribution in [1.82, 2.24) is 9.88 Å². The number of nitrogens with zero attached hydrogens (tertiary/aromatic N) is 2. The van der Waals surface area contributed by atoms with Gasteiger partial charge in [0, 0.05) is 24.5 Å². The van der Waals surface area contributed by atoms with Crippen molar-refractivity contribution in [3.05, 3.63) is 106 Å². The highest BCUT2D eigenvalue weighted by molar-refractivity contribution is 6.46. The summed E-state index contributed by atoms with van der Waals surface area (Å²) >= 11 is 0. The Morgan fingerprint density at radius 1 is 1.06 bits per heavy atom. The van der Waals surface area contributed by atoms with E-state index in [-0.39, 0.29) is 23.7 Å². The summed E-state index contributed by atoms with van der Waals surface area (Å²) in [6.07, 6.45) is 3.64. The number of hydrogen-bond donors (Lipinski definition) is 1. The fourth-order valence-electron chi connectivity index (χ4n) is 3.94. The van der Waals surface area contributed by atoms with E-state index < -0.39 is 17.7 Å². The Bertz CT molecular complexity index is 1200. The first-order chi connectivity index (χ1) is 15.4. The van der Waals surface area contributed by atoms with E-state index in [2.05, 4.69) is 4.98 Å². The molecule has 0 spiro atoms. The number of carbonyl (C=O) groups is 2. The van der Waals surface area contributed by atoms with Crippen LogP contribution >= 0.6 is 0 Å². The van der Waals surface area contributed by atoms with Crippen LogP contribution in [0, 0.1) is 19.7 Å². The molecule has 4 rings (SSSR count). The predicted molar refractivity (Wildman–Crippen MR) is 119 cm³/mol. The van der Waals surface area contributed by atoms with Gasteiger partial charge in [0.25, 0.3) is 11.7 Å². The molecule has 1 atom stereocenters. The van der Waals surface area contributed by atoms with E-state index in [0.717, 1.165) is 16.7 Å². The van der Waals surface area contributed by atoms with Crippen molar-refractivity contribution >= 4 is 17.4 Å². The molecule has 1 N–H and O–H groups in total. The molecule has 0 aliphatic carbocycles. The molecular weight excluding hydrogens is 407 g/mol. The summed E-state index contributed by atoms with van der Waals surface area (Å²) in [7, 11) is 0. The average molecular weight is 430 g/mol. The molecule has 1 saturated heterocycles. The number of benzene rings is 2. The predicted octanol–water partition coefficient (Wildman–Crippen LogP) is 4.50. The highest BCUT2D eigenvalue weighted by Gasteiger charge is 2.45. The maximum absolute atomic E-state index is 13.2. The number of carbonyl (C=O) groups excluding carboxylic acids is 2. The summed E-state index contributed by atoms with van der Waals surface area (Å²) < 4.78 is 13.2. The normalized spacial score (nSPS) is 17.7. The Kier molecular flexibility index (Phi) is 5.86. The summed E-state index contributed by atoms with van der Waals surface area (Å²) in [5.74, 6) is -1.94. The van der Waals surface area contributed by atoms with E-state index in [1.54, 1.807) is 48.8 Å². The fourth-order valence-corrected chi connectivity index (χ4v) is 3.94. The third-order valence-corrected chi connectivity index (χ3v) is 5.88. The van der Waals surface area contributed by atoms with Gasteiger partial charge in [-0.3, -0.25) is 14.6 Å². The number of rotatable bonds is 5. The van der Waals surface area contributed by atoms with Crippen LogP contribution in [-0.2, 0) is 16.0 Å². The summed E-state index contributed by atoms with van der Waals surface area (Å²) in [5.41, 5.74) is 4.04. The number of aliphatic hydroxyl groups is 1. The van der Waals surface area contributed by atoms with Gasteiger partial charge in [-0.05, 0) is 66.8 Å². The molecule has 3 aromatic rings. The van der Waals surface area contributed by atoms with Crippen LogP contribution in [0.3, 0.4) is 0 Å². The van der Waals surface area contributed by atoms with Crippen molar-refractivity contribution in [3.8, 4) is 0 Å². The monoisotopic (exact) mass is 430 g/mol. The molecule has 0 bridgehead atoms. The van der Waals surface area contributed by atoms with E-state index in [0.29, 0.717) is 17.5 Å². The second-order valence-electron chi connectivity index (χ2n) is 7.95. The van der Waals surface area contributed by atoms with Gasteiger partial charge in [-0.25, -0.2) is 4.39 Å². The second kappa shape index (κ2) is 8.75. The van der Waals surface area contributed by atoms with Gasteiger partial charge >= 0.3 is 0 Å². The molecule has 1 amide bonds. The van der Waals surface area contributed by atoms with Crippen LogP contribution in [0.1, 0.15) is 33.9 Å². The minimum absolute atomic E-state index is 0.0466. The zero-order valence-electron chi connectivity index (χ0n) is 17.9. The van der Waals surface area contributed by atoms with Gasteiger partial charge in [-0.2, -0.15) is 0 Å². The maximum atomic E-state index is 13.2. The summed E-state index contributed by atoms with van der Waals surface area (Å²) in [6.45, 7) is 4.12. The zero-order valence-corrected chi connectivity index (χ0v) is 17.9. The molecule has 1 aliphatic rings. The third kappa shape index (κ3) is 4.04. The number of aryl methyl sites for hydroxylation is 2. The van der Waals surface area contributed by atoms with Crippen LogP contribution < -0.4 is 0 Å². The summed E-state index contributed by atoms with van der Waals surface area (Å²) in [5, 5.41) is 11.1. The molecule has 0 radical (unpaired) electrons. The number of ketones is 1. The van der Waals surface area contributed by atoms with Crippen molar-refractivity contribution < 1.29 is 19.1 Å². The first kappa shape index (κ1) is 21.4. The second-order valence-corrected chi connectivity index (χ2v) is 7.95. The van der Waals surface area contributed by atoms with Gasteiger partial charge < -0.3 is 10.0 Å². The lowest BCUT2D eigenvalue weighted by molar-refractivity contribution is -0.139. The van der Waals surface area contributed by atoms with Crippen molar-refractivity contribution in [2.75, 3.05) is 6.54 Å². The molecule has 2 aromatic carbocycles. The summed E-state index contributed by atoms with van der Waals surface area (Å²) in [6, 6.07) is 14.2. The van der Waals surface area contributed by atoms with E-state index in [1.165, 1.54) is 17.0 Å². The van der Waals surface area contributed by atoms with Crippen molar-refractivity contribution in [2.24, 2.45) is 0 Å². The van der Waals surface area contributed by atoms with Crippen molar-refractivity contribution in [1.29, 1.82) is 0 Å². The number of Topliss-reactive ketones (excluding diaryl/α,β-unsaturated/α-hetero) is 1. The van der Waals surface area contributed by atoms with Gasteiger partial charge in [-0.1, -0.05) is 30.3 Å². The fraction of sp³-hybridized carbons (Fsp3) is 0.192. The maximum Gasteiger partial charge on any atom is 0.295 e. The molecule has 1 aliphatic heterocycles. The molecule has 1 aromatic heterocycles. The highest BCUT2D eigenvalue weighted by Crippen LogP contribution is 2.39. The van der Waals surface area contributed by atoms with E-state index in [9.17, 15) is 19.1 Å². The van der Waals surface area contributed by atoms with E-state index >= 15 is 0 Å². The average Bonchev–Trinajstić information content (AvgIpc) is 3.05. The van der Waals surface area contributed by atoms with Crippen LogP contribution in [0.2, 0.25) is 0 Å². The van der Waals surface area contributed by atoms with E-state index in [1.807, 2.05) is 19.9 Å². The van der Waals surface area contributed by atoms with Crippen LogP contribution in [0.4, 0.5) is 4.39 Å². The van der Waals surface area contributed by atoms with E-state index in [4.69, 9.17) is 0 Å². The largest absolute Gasteiger partial charge is 0.507 e. The molecule has 6 heteroatoms. The number of amides is 1. The summed E-state index contributed by atoms with van der Waals surface area (Å²) in [4.78, 5) is 31.6. The smallest absolute Gasteiger partial charge is 0.295 e. The lowest BCUT2D eigenvalue weighted by Crippen LogP contribution is -2.31. The Morgan fingerprint density at radius 3 is 2.47 bits per heavy atom.